The second-order valence-corrected chi connectivity index (χ2v) is 5.48. The minimum atomic E-state index is -0.173. The first-order chi connectivity index (χ1) is 10.7. The van der Waals surface area contributed by atoms with E-state index < -0.39 is 0 Å². The zero-order chi connectivity index (χ0) is 15.9. The van der Waals surface area contributed by atoms with Crippen LogP contribution >= 0.6 is 0 Å². The molecule has 2 rings (SSSR count). The van der Waals surface area contributed by atoms with Gasteiger partial charge in [-0.05, 0) is 30.0 Å². The number of phenolic OH excluding ortho intramolecular Hbond substituents is 2. The molecule has 2 aromatic carbocycles. The van der Waals surface area contributed by atoms with Crippen molar-refractivity contribution in [2.24, 2.45) is 0 Å². The van der Waals surface area contributed by atoms with Crippen molar-refractivity contribution in [2.45, 2.75) is 39.0 Å². The zero-order valence-corrected chi connectivity index (χ0v) is 13.3. The molecule has 0 radical (unpaired) electrons. The molecule has 2 N–H and O–H groups in total. The Morgan fingerprint density at radius 2 is 1.68 bits per heavy atom. The van der Waals surface area contributed by atoms with Gasteiger partial charge in [0.1, 0.15) is 0 Å². The first-order valence-corrected chi connectivity index (χ1v) is 7.86. The van der Waals surface area contributed by atoms with Gasteiger partial charge in [-0.25, -0.2) is 0 Å². The molecule has 2 aromatic rings. The molecule has 0 aliphatic rings. The van der Waals surface area contributed by atoms with Gasteiger partial charge in [-0.15, -0.1) is 0 Å². The van der Waals surface area contributed by atoms with E-state index in [1.54, 1.807) is 6.07 Å². The van der Waals surface area contributed by atoms with Crippen molar-refractivity contribution >= 4 is 0 Å². The Labute approximate surface area is 132 Å². The van der Waals surface area contributed by atoms with Crippen LogP contribution in [0.15, 0.2) is 36.4 Å². The monoisotopic (exact) mass is 300 g/mol. The molecule has 0 heterocycles. The number of unbranched alkanes of at least 4 members (excludes halogenated alkanes) is 3. The van der Waals surface area contributed by atoms with Crippen LogP contribution in [0, 0.1) is 0 Å². The summed E-state index contributed by atoms with van der Waals surface area (Å²) in [7, 11) is 1.49. The van der Waals surface area contributed by atoms with E-state index in [0.717, 1.165) is 36.0 Å². The quantitative estimate of drug-likeness (QED) is 0.565. The molecule has 0 bridgehead atoms. The number of methoxy groups -OCH3 is 1. The van der Waals surface area contributed by atoms with Crippen LogP contribution in [-0.2, 0) is 6.42 Å². The number of benzene rings is 2. The van der Waals surface area contributed by atoms with Crippen molar-refractivity contribution in [3.63, 3.8) is 0 Å². The molecule has 3 heteroatoms. The van der Waals surface area contributed by atoms with Gasteiger partial charge in [0.25, 0.3) is 0 Å². The van der Waals surface area contributed by atoms with Crippen molar-refractivity contribution in [2.75, 3.05) is 7.11 Å². The highest BCUT2D eigenvalue weighted by atomic mass is 16.5. The summed E-state index contributed by atoms with van der Waals surface area (Å²) >= 11 is 0. The second-order valence-electron chi connectivity index (χ2n) is 5.48. The molecule has 0 atom stereocenters. The Morgan fingerprint density at radius 1 is 0.955 bits per heavy atom. The molecule has 0 aliphatic carbocycles. The molecule has 3 nitrogen and oxygen atoms in total. The maximum absolute atomic E-state index is 10.4. The third kappa shape index (κ3) is 3.53. The van der Waals surface area contributed by atoms with Crippen LogP contribution in [0.5, 0.6) is 17.2 Å². The normalized spacial score (nSPS) is 10.6. The topological polar surface area (TPSA) is 49.7 Å². The molecule has 0 saturated carbocycles. The van der Waals surface area contributed by atoms with Gasteiger partial charge in [-0.2, -0.15) is 0 Å². The Hall–Kier alpha value is -2.16. The van der Waals surface area contributed by atoms with Crippen LogP contribution in [0.4, 0.5) is 0 Å². The lowest BCUT2D eigenvalue weighted by molar-refractivity contribution is 0.349. The predicted molar refractivity (Wildman–Crippen MR) is 89.6 cm³/mol. The van der Waals surface area contributed by atoms with Crippen molar-refractivity contribution in [3.8, 4) is 28.4 Å². The second kappa shape index (κ2) is 7.74. The minimum Gasteiger partial charge on any atom is -0.504 e. The Morgan fingerprint density at radius 3 is 2.32 bits per heavy atom. The molecule has 0 amide bonds. The summed E-state index contributed by atoms with van der Waals surface area (Å²) < 4.78 is 5.18. The third-order valence-electron chi connectivity index (χ3n) is 3.93. The van der Waals surface area contributed by atoms with Crippen LogP contribution in [0.1, 0.15) is 38.2 Å². The summed E-state index contributed by atoms with van der Waals surface area (Å²) in [5.74, 6) is 0.0658. The smallest absolute Gasteiger partial charge is 0.200 e. The lowest BCUT2D eigenvalue weighted by atomic mass is 9.94. The number of ether oxygens (including phenoxy) is 1. The van der Waals surface area contributed by atoms with Crippen molar-refractivity contribution in [1.29, 1.82) is 0 Å². The SMILES string of the molecule is CCCCCCc1c(-c2ccccc2)cc(OC)c(O)c1O. The first kappa shape index (κ1) is 16.2. The van der Waals surface area contributed by atoms with Gasteiger partial charge in [-0.3, -0.25) is 0 Å². The third-order valence-corrected chi connectivity index (χ3v) is 3.93. The fourth-order valence-corrected chi connectivity index (χ4v) is 2.69. The lowest BCUT2D eigenvalue weighted by Crippen LogP contribution is -1.95. The Bertz CT molecular complexity index is 606. The van der Waals surface area contributed by atoms with E-state index >= 15 is 0 Å². The van der Waals surface area contributed by atoms with E-state index in [1.807, 2.05) is 30.3 Å². The zero-order valence-electron chi connectivity index (χ0n) is 13.3. The highest BCUT2D eigenvalue weighted by Crippen LogP contribution is 2.44. The molecule has 118 valence electrons. The number of hydrogen-bond donors (Lipinski definition) is 2. The van der Waals surface area contributed by atoms with Gasteiger partial charge in [0.05, 0.1) is 7.11 Å². The van der Waals surface area contributed by atoms with Crippen LogP contribution in [0.25, 0.3) is 11.1 Å². The summed E-state index contributed by atoms with van der Waals surface area (Å²) in [5, 5.41) is 20.5. The van der Waals surface area contributed by atoms with Gasteiger partial charge < -0.3 is 14.9 Å². The van der Waals surface area contributed by atoms with Crippen LogP contribution in [-0.4, -0.2) is 17.3 Å². The fourth-order valence-electron chi connectivity index (χ4n) is 2.69. The summed E-state index contributed by atoms with van der Waals surface area (Å²) in [6.45, 7) is 2.17. The van der Waals surface area contributed by atoms with E-state index in [1.165, 1.54) is 20.0 Å². The molecule has 0 saturated heterocycles. The van der Waals surface area contributed by atoms with E-state index in [4.69, 9.17) is 4.74 Å². The molecule has 0 unspecified atom stereocenters. The molecule has 0 fully saturated rings. The van der Waals surface area contributed by atoms with Crippen LogP contribution in [0.2, 0.25) is 0 Å². The van der Waals surface area contributed by atoms with Crippen molar-refractivity contribution in [3.05, 3.63) is 42.0 Å². The summed E-state index contributed by atoms with van der Waals surface area (Å²) in [5.41, 5.74) is 2.73. The van der Waals surface area contributed by atoms with Gasteiger partial charge in [-0.1, -0.05) is 56.5 Å². The van der Waals surface area contributed by atoms with E-state index in [9.17, 15) is 10.2 Å². The first-order valence-electron chi connectivity index (χ1n) is 7.86. The van der Waals surface area contributed by atoms with Crippen molar-refractivity contribution in [1.82, 2.24) is 0 Å². The van der Waals surface area contributed by atoms with E-state index in [-0.39, 0.29) is 11.5 Å². The number of phenols is 2. The molecule has 0 aromatic heterocycles. The number of hydrogen-bond acceptors (Lipinski definition) is 3. The van der Waals surface area contributed by atoms with Crippen LogP contribution < -0.4 is 4.74 Å². The van der Waals surface area contributed by atoms with E-state index in [0.29, 0.717) is 5.75 Å². The van der Waals surface area contributed by atoms with Crippen LogP contribution in [0.3, 0.4) is 0 Å². The fraction of sp³-hybridized carbons (Fsp3) is 0.368. The maximum atomic E-state index is 10.4. The lowest BCUT2D eigenvalue weighted by Gasteiger charge is -2.16. The number of rotatable bonds is 7. The minimum absolute atomic E-state index is 0.0605. The molecular formula is C19H24O3. The Balaban J connectivity index is 2.42. The molecular weight excluding hydrogens is 276 g/mol. The summed E-state index contributed by atoms with van der Waals surface area (Å²) in [6, 6.07) is 11.7. The van der Waals surface area contributed by atoms with Crippen molar-refractivity contribution < 1.29 is 14.9 Å². The molecule has 22 heavy (non-hydrogen) atoms. The summed E-state index contributed by atoms with van der Waals surface area (Å²) in [6.07, 6.45) is 5.21. The van der Waals surface area contributed by atoms with E-state index in [2.05, 4.69) is 6.92 Å². The average molecular weight is 300 g/mol. The van der Waals surface area contributed by atoms with Gasteiger partial charge in [0.15, 0.2) is 11.5 Å². The predicted octanol–water partition coefficient (Wildman–Crippen LogP) is 4.90. The summed E-state index contributed by atoms with van der Waals surface area (Å²) in [4.78, 5) is 0. The highest BCUT2D eigenvalue weighted by molar-refractivity contribution is 5.75. The highest BCUT2D eigenvalue weighted by Gasteiger charge is 2.18. The van der Waals surface area contributed by atoms with Gasteiger partial charge in [0.2, 0.25) is 5.75 Å². The standard InChI is InChI=1S/C19H24O3/c1-3-4-5-9-12-15-16(14-10-7-6-8-11-14)13-17(22-2)19(21)18(15)20/h6-8,10-11,13,20-21H,3-5,9,12H2,1-2H3. The average Bonchev–Trinajstić information content (AvgIpc) is 2.56. The largest absolute Gasteiger partial charge is 0.504 e. The molecule has 0 aliphatic heterocycles. The van der Waals surface area contributed by atoms with Gasteiger partial charge >= 0.3 is 0 Å². The Kier molecular flexibility index (Phi) is 5.70. The number of aromatic hydroxyl groups is 2. The van der Waals surface area contributed by atoms with Gasteiger partial charge in [0, 0.05) is 5.56 Å². The maximum Gasteiger partial charge on any atom is 0.200 e. The molecule has 0 spiro atoms.